The lowest BCUT2D eigenvalue weighted by molar-refractivity contribution is 0.300. The minimum absolute atomic E-state index is 0.111. The molecule has 0 aromatic heterocycles. The second-order valence-electron chi connectivity index (χ2n) is 6.94. The van der Waals surface area contributed by atoms with Crippen LogP contribution in [0.2, 0.25) is 5.02 Å². The molecule has 1 atom stereocenters. The van der Waals surface area contributed by atoms with E-state index in [0.29, 0.717) is 22.4 Å². The van der Waals surface area contributed by atoms with Crippen molar-refractivity contribution < 1.29 is 9.13 Å². The Hall–Kier alpha value is -2.36. The van der Waals surface area contributed by atoms with Gasteiger partial charge in [0.15, 0.2) is 0 Å². The smallest absolute Gasteiger partial charge is 0.131 e. The molecule has 28 heavy (non-hydrogen) atoms. The summed E-state index contributed by atoms with van der Waals surface area (Å²) in [7, 11) is 0. The highest BCUT2D eigenvalue weighted by molar-refractivity contribution is 6.31. The van der Waals surface area contributed by atoms with Gasteiger partial charge in [0.05, 0.1) is 5.02 Å². The van der Waals surface area contributed by atoms with Crippen LogP contribution in [-0.2, 0) is 19.6 Å². The van der Waals surface area contributed by atoms with E-state index >= 15 is 0 Å². The van der Waals surface area contributed by atoms with E-state index in [9.17, 15) is 4.39 Å². The topological polar surface area (TPSA) is 21.3 Å². The molecular formula is C24H25ClFNO. The molecule has 0 saturated heterocycles. The molecule has 0 fully saturated rings. The van der Waals surface area contributed by atoms with Crippen molar-refractivity contribution in [1.29, 1.82) is 0 Å². The molecule has 3 aromatic rings. The standard InChI is InChI=1S/C24H25ClFNO/c1-18(10-11-19-6-3-2-4-7-19)27-16-20-12-14-21(15-13-20)28-17-22-23(25)8-5-9-24(22)26/h2-9,12-15,18,27H,10-11,16-17H2,1H3/t18-/m0/s1. The fourth-order valence-electron chi connectivity index (χ4n) is 2.95. The van der Waals surface area contributed by atoms with Crippen LogP contribution >= 0.6 is 11.6 Å². The lowest BCUT2D eigenvalue weighted by Crippen LogP contribution is -2.25. The Morgan fingerprint density at radius 3 is 2.39 bits per heavy atom. The highest BCUT2D eigenvalue weighted by atomic mass is 35.5. The summed E-state index contributed by atoms with van der Waals surface area (Å²) in [5, 5.41) is 3.93. The zero-order valence-electron chi connectivity index (χ0n) is 16.0. The van der Waals surface area contributed by atoms with Crippen LogP contribution in [0.15, 0.2) is 72.8 Å². The van der Waals surface area contributed by atoms with E-state index in [4.69, 9.17) is 16.3 Å². The highest BCUT2D eigenvalue weighted by Crippen LogP contribution is 2.21. The van der Waals surface area contributed by atoms with Crippen molar-refractivity contribution in [2.45, 2.75) is 39.0 Å². The second kappa shape index (κ2) is 10.3. The van der Waals surface area contributed by atoms with Crippen molar-refractivity contribution >= 4 is 11.6 Å². The summed E-state index contributed by atoms with van der Waals surface area (Å²) in [6.45, 7) is 3.12. The summed E-state index contributed by atoms with van der Waals surface area (Å²) in [4.78, 5) is 0. The average Bonchev–Trinajstić information content (AvgIpc) is 2.72. The normalized spacial score (nSPS) is 12.0. The minimum Gasteiger partial charge on any atom is -0.489 e. The van der Waals surface area contributed by atoms with Gasteiger partial charge < -0.3 is 10.1 Å². The van der Waals surface area contributed by atoms with Crippen molar-refractivity contribution in [3.8, 4) is 5.75 Å². The molecule has 0 bridgehead atoms. The zero-order chi connectivity index (χ0) is 19.8. The number of aryl methyl sites for hydroxylation is 1. The Kier molecular flexibility index (Phi) is 7.46. The molecule has 3 aromatic carbocycles. The molecule has 0 aliphatic carbocycles. The molecule has 3 rings (SSSR count). The Morgan fingerprint density at radius 2 is 1.68 bits per heavy atom. The SMILES string of the molecule is C[C@@H](CCc1ccccc1)NCc1ccc(OCc2c(F)cccc2Cl)cc1. The van der Waals surface area contributed by atoms with Crippen LogP contribution < -0.4 is 10.1 Å². The van der Waals surface area contributed by atoms with Crippen molar-refractivity contribution in [2.75, 3.05) is 0 Å². The Morgan fingerprint density at radius 1 is 0.929 bits per heavy atom. The number of ether oxygens (including phenoxy) is 1. The molecule has 0 spiro atoms. The molecular weight excluding hydrogens is 373 g/mol. The molecule has 1 N–H and O–H groups in total. The van der Waals surface area contributed by atoms with Crippen LogP contribution in [0, 0.1) is 5.82 Å². The number of nitrogens with one attached hydrogen (secondary N) is 1. The molecule has 2 nitrogen and oxygen atoms in total. The number of hydrogen-bond donors (Lipinski definition) is 1. The van der Waals surface area contributed by atoms with Gasteiger partial charge >= 0.3 is 0 Å². The van der Waals surface area contributed by atoms with Crippen molar-refractivity contribution in [3.05, 3.63) is 100 Å². The fourth-order valence-corrected chi connectivity index (χ4v) is 3.17. The van der Waals surface area contributed by atoms with Gasteiger partial charge in [0.25, 0.3) is 0 Å². The first-order chi connectivity index (χ1) is 13.6. The number of benzene rings is 3. The fraction of sp³-hybridized carbons (Fsp3) is 0.250. The van der Waals surface area contributed by atoms with Gasteiger partial charge in [-0.25, -0.2) is 4.39 Å². The van der Waals surface area contributed by atoms with Gasteiger partial charge in [-0.15, -0.1) is 0 Å². The Balaban J connectivity index is 1.44. The molecule has 0 heterocycles. The van der Waals surface area contributed by atoms with Crippen LogP contribution in [0.1, 0.15) is 30.0 Å². The third-order valence-electron chi connectivity index (χ3n) is 4.73. The molecule has 0 unspecified atom stereocenters. The van der Waals surface area contributed by atoms with Crippen LogP contribution in [0.4, 0.5) is 4.39 Å². The molecule has 146 valence electrons. The van der Waals surface area contributed by atoms with E-state index in [2.05, 4.69) is 36.5 Å². The van der Waals surface area contributed by atoms with Gasteiger partial charge in [0.1, 0.15) is 18.2 Å². The molecule has 0 radical (unpaired) electrons. The van der Waals surface area contributed by atoms with Crippen molar-refractivity contribution in [1.82, 2.24) is 5.32 Å². The summed E-state index contributed by atoms with van der Waals surface area (Å²) in [6, 6.07) is 23.5. The van der Waals surface area contributed by atoms with E-state index in [0.717, 1.165) is 19.4 Å². The van der Waals surface area contributed by atoms with Gasteiger partial charge in [0, 0.05) is 18.2 Å². The van der Waals surface area contributed by atoms with Gasteiger partial charge in [-0.3, -0.25) is 0 Å². The molecule has 0 amide bonds. The van der Waals surface area contributed by atoms with Crippen molar-refractivity contribution in [3.63, 3.8) is 0 Å². The molecule has 0 aliphatic rings. The van der Waals surface area contributed by atoms with E-state index in [-0.39, 0.29) is 12.4 Å². The second-order valence-corrected chi connectivity index (χ2v) is 7.35. The van der Waals surface area contributed by atoms with Crippen molar-refractivity contribution in [2.24, 2.45) is 0 Å². The third-order valence-corrected chi connectivity index (χ3v) is 5.09. The molecule has 4 heteroatoms. The predicted molar refractivity (Wildman–Crippen MR) is 113 cm³/mol. The summed E-state index contributed by atoms with van der Waals surface area (Å²) in [5.74, 6) is 0.345. The van der Waals surface area contributed by atoms with E-state index < -0.39 is 0 Å². The van der Waals surface area contributed by atoms with Gasteiger partial charge in [-0.1, -0.05) is 60.1 Å². The van der Waals surface area contributed by atoms with Crippen LogP contribution in [-0.4, -0.2) is 6.04 Å². The first kappa shape index (κ1) is 20.4. The Bertz CT molecular complexity index is 847. The highest BCUT2D eigenvalue weighted by Gasteiger charge is 2.08. The van der Waals surface area contributed by atoms with Crippen LogP contribution in [0.5, 0.6) is 5.75 Å². The minimum atomic E-state index is -0.349. The van der Waals surface area contributed by atoms with Crippen LogP contribution in [0.3, 0.4) is 0 Å². The lowest BCUT2D eigenvalue weighted by atomic mass is 10.1. The quantitative estimate of drug-likeness (QED) is 0.466. The maximum atomic E-state index is 13.8. The molecule has 0 saturated carbocycles. The first-order valence-electron chi connectivity index (χ1n) is 9.54. The molecule has 0 aliphatic heterocycles. The van der Waals surface area contributed by atoms with Gasteiger partial charge in [0.2, 0.25) is 0 Å². The summed E-state index contributed by atoms with van der Waals surface area (Å²) in [5.41, 5.74) is 2.93. The van der Waals surface area contributed by atoms with E-state index in [1.165, 1.54) is 17.2 Å². The number of hydrogen-bond acceptors (Lipinski definition) is 2. The van der Waals surface area contributed by atoms with E-state index in [1.807, 2.05) is 30.3 Å². The summed E-state index contributed by atoms with van der Waals surface area (Å²) in [6.07, 6.45) is 2.16. The lowest BCUT2D eigenvalue weighted by Gasteiger charge is -2.14. The predicted octanol–water partition coefficient (Wildman–Crippen LogP) is 6.17. The maximum Gasteiger partial charge on any atom is 0.131 e. The maximum absolute atomic E-state index is 13.8. The monoisotopic (exact) mass is 397 g/mol. The van der Waals surface area contributed by atoms with Crippen LogP contribution in [0.25, 0.3) is 0 Å². The number of rotatable bonds is 9. The zero-order valence-corrected chi connectivity index (χ0v) is 16.8. The largest absolute Gasteiger partial charge is 0.489 e. The summed E-state index contributed by atoms with van der Waals surface area (Å²) < 4.78 is 19.5. The van der Waals surface area contributed by atoms with Gasteiger partial charge in [-0.05, 0) is 55.2 Å². The van der Waals surface area contributed by atoms with E-state index in [1.54, 1.807) is 12.1 Å². The van der Waals surface area contributed by atoms with Gasteiger partial charge in [-0.2, -0.15) is 0 Å². The number of halogens is 2. The third kappa shape index (κ3) is 6.08. The first-order valence-corrected chi connectivity index (χ1v) is 9.91. The Labute approximate surface area is 171 Å². The average molecular weight is 398 g/mol. The summed E-state index contributed by atoms with van der Waals surface area (Å²) >= 11 is 6.03.